The molecule has 4 nitrogen and oxygen atoms in total. The topological polar surface area (TPSA) is 66.4 Å². The first-order chi connectivity index (χ1) is 14.6. The number of unbranched alkanes of at least 4 members (excludes halogenated alkanes) is 2. The Hall–Kier alpha value is -3.05. The molecule has 0 spiro atoms. The molecule has 0 unspecified atom stereocenters. The van der Waals surface area contributed by atoms with Gasteiger partial charge in [0.2, 0.25) is 5.91 Å². The fourth-order valence-corrected chi connectivity index (χ4v) is 3.93. The summed E-state index contributed by atoms with van der Waals surface area (Å²) in [5.74, 6) is -0.276. The van der Waals surface area contributed by atoms with E-state index >= 15 is 0 Å². The summed E-state index contributed by atoms with van der Waals surface area (Å²) in [6.07, 6.45) is 7.33. The number of hydrogen-bond donors (Lipinski definition) is 2. The highest BCUT2D eigenvalue weighted by Gasteiger charge is 2.11. The van der Waals surface area contributed by atoms with Crippen LogP contribution in [0.15, 0.2) is 83.8 Å². The van der Waals surface area contributed by atoms with Crippen molar-refractivity contribution in [3.05, 3.63) is 84.4 Å². The van der Waals surface area contributed by atoms with E-state index in [1.54, 1.807) is 18.2 Å². The van der Waals surface area contributed by atoms with Crippen molar-refractivity contribution in [1.29, 1.82) is 0 Å². The average molecular weight is 420 g/mol. The number of benzene rings is 3. The molecule has 3 aromatic rings. The normalized spacial score (nSPS) is 11.1. The van der Waals surface area contributed by atoms with Gasteiger partial charge in [0.1, 0.15) is 0 Å². The lowest BCUT2D eigenvalue weighted by Gasteiger charge is -2.07. The Balaban J connectivity index is 1.32. The molecule has 0 aliphatic heterocycles. The van der Waals surface area contributed by atoms with Gasteiger partial charge in [-0.05, 0) is 54.3 Å². The molecule has 0 atom stereocenters. The van der Waals surface area contributed by atoms with E-state index in [1.807, 2.05) is 11.8 Å². The van der Waals surface area contributed by atoms with E-state index in [-0.39, 0.29) is 11.5 Å². The summed E-state index contributed by atoms with van der Waals surface area (Å²) in [5.41, 5.74) is 0.457. The van der Waals surface area contributed by atoms with Crippen LogP contribution in [0.3, 0.4) is 0 Å². The quantitative estimate of drug-likeness (QED) is 0.227. The molecule has 30 heavy (non-hydrogen) atoms. The zero-order valence-electron chi connectivity index (χ0n) is 16.7. The molecular weight excluding hydrogens is 394 g/mol. The standard InChI is InChI=1S/C25H25NO3S/c27-24(26-23-13-8-7-12-22(23)25(28)29)14-4-2-1-3-9-17-30-21-16-15-19-10-5-6-11-20(19)18-21/h3,5-13,15-16,18H,1-2,4,14,17H2,(H,26,27)(H,28,29). The highest BCUT2D eigenvalue weighted by Crippen LogP contribution is 2.23. The predicted molar refractivity (Wildman–Crippen MR) is 124 cm³/mol. The van der Waals surface area contributed by atoms with Crippen LogP contribution in [-0.2, 0) is 4.79 Å². The number of allylic oxidation sites excluding steroid dienone is 1. The number of aromatic carboxylic acids is 1. The maximum Gasteiger partial charge on any atom is 0.337 e. The van der Waals surface area contributed by atoms with Gasteiger partial charge in [-0.3, -0.25) is 4.79 Å². The third-order valence-corrected chi connectivity index (χ3v) is 5.64. The number of fused-ring (bicyclic) bond motifs is 1. The summed E-state index contributed by atoms with van der Waals surface area (Å²) in [5, 5.41) is 14.4. The van der Waals surface area contributed by atoms with Crippen LogP contribution in [0.1, 0.15) is 36.0 Å². The van der Waals surface area contributed by atoms with Gasteiger partial charge in [0, 0.05) is 17.1 Å². The lowest BCUT2D eigenvalue weighted by Crippen LogP contribution is -2.14. The van der Waals surface area contributed by atoms with Crippen molar-refractivity contribution < 1.29 is 14.7 Å². The first kappa shape index (κ1) is 21.7. The van der Waals surface area contributed by atoms with E-state index in [9.17, 15) is 9.59 Å². The Bertz CT molecular complexity index is 1050. The van der Waals surface area contributed by atoms with Gasteiger partial charge in [-0.15, -0.1) is 11.8 Å². The van der Waals surface area contributed by atoms with E-state index in [4.69, 9.17) is 5.11 Å². The maximum absolute atomic E-state index is 12.0. The highest BCUT2D eigenvalue weighted by atomic mass is 32.2. The third-order valence-electron chi connectivity index (χ3n) is 4.69. The lowest BCUT2D eigenvalue weighted by molar-refractivity contribution is -0.116. The number of carbonyl (C=O) groups excluding carboxylic acids is 1. The van der Waals surface area contributed by atoms with Crippen LogP contribution in [0.2, 0.25) is 0 Å². The minimum absolute atomic E-state index is 0.109. The molecule has 154 valence electrons. The second-order valence-electron chi connectivity index (χ2n) is 6.94. The number of nitrogens with one attached hydrogen (secondary N) is 1. The van der Waals surface area contributed by atoms with Crippen LogP contribution in [-0.4, -0.2) is 22.7 Å². The van der Waals surface area contributed by atoms with Gasteiger partial charge in [-0.2, -0.15) is 0 Å². The number of anilines is 1. The molecule has 3 rings (SSSR count). The van der Waals surface area contributed by atoms with Crippen molar-refractivity contribution in [2.24, 2.45) is 0 Å². The first-order valence-electron chi connectivity index (χ1n) is 10.0. The number of para-hydroxylation sites is 1. The Morgan fingerprint density at radius 1 is 0.900 bits per heavy atom. The van der Waals surface area contributed by atoms with Gasteiger partial charge in [0.05, 0.1) is 11.3 Å². The highest BCUT2D eigenvalue weighted by molar-refractivity contribution is 7.99. The van der Waals surface area contributed by atoms with Gasteiger partial charge in [0.15, 0.2) is 0 Å². The zero-order valence-corrected chi connectivity index (χ0v) is 17.5. The molecule has 0 saturated carbocycles. The zero-order chi connectivity index (χ0) is 21.2. The fourth-order valence-electron chi connectivity index (χ4n) is 3.13. The van der Waals surface area contributed by atoms with Crippen molar-refractivity contribution in [3.8, 4) is 0 Å². The second kappa shape index (κ2) is 11.2. The third kappa shape index (κ3) is 6.49. The summed E-state index contributed by atoms with van der Waals surface area (Å²) in [6.45, 7) is 0. The number of rotatable bonds is 10. The van der Waals surface area contributed by atoms with Crippen LogP contribution in [0.5, 0.6) is 0 Å². The molecule has 5 heteroatoms. The summed E-state index contributed by atoms with van der Waals surface area (Å²) < 4.78 is 0. The fraction of sp³-hybridized carbons (Fsp3) is 0.200. The molecule has 0 aliphatic rings. The van der Waals surface area contributed by atoms with Gasteiger partial charge in [-0.25, -0.2) is 4.79 Å². The molecule has 3 aromatic carbocycles. The Labute approximate surface area is 181 Å². The van der Waals surface area contributed by atoms with Crippen LogP contribution in [0, 0.1) is 0 Å². The summed E-state index contributed by atoms with van der Waals surface area (Å²) in [4.78, 5) is 24.5. The molecule has 0 aliphatic carbocycles. The average Bonchev–Trinajstić information content (AvgIpc) is 2.75. The SMILES string of the molecule is O=C(CCCCC=CCSc1ccc2ccccc2c1)Nc1ccccc1C(=O)O. The number of carboxylic acids is 1. The van der Waals surface area contributed by atoms with Crippen molar-refractivity contribution >= 4 is 40.1 Å². The number of hydrogen-bond acceptors (Lipinski definition) is 3. The molecule has 0 heterocycles. The minimum atomic E-state index is -1.04. The van der Waals surface area contributed by atoms with E-state index in [0.717, 1.165) is 25.0 Å². The molecule has 0 radical (unpaired) electrons. The Morgan fingerprint density at radius 3 is 2.50 bits per heavy atom. The number of amides is 1. The minimum Gasteiger partial charge on any atom is -0.478 e. The monoisotopic (exact) mass is 419 g/mol. The molecule has 0 fully saturated rings. The van der Waals surface area contributed by atoms with E-state index in [0.29, 0.717) is 12.1 Å². The number of carboxylic acid groups (broad SMARTS) is 1. The van der Waals surface area contributed by atoms with Crippen molar-refractivity contribution in [2.45, 2.75) is 30.6 Å². The lowest BCUT2D eigenvalue weighted by atomic mass is 10.1. The largest absolute Gasteiger partial charge is 0.478 e. The van der Waals surface area contributed by atoms with Crippen molar-refractivity contribution in [1.82, 2.24) is 0 Å². The molecular formula is C25H25NO3S. The molecule has 2 N–H and O–H groups in total. The smallest absolute Gasteiger partial charge is 0.337 e. The summed E-state index contributed by atoms with van der Waals surface area (Å²) in [7, 11) is 0. The van der Waals surface area contributed by atoms with Crippen LogP contribution in [0.4, 0.5) is 5.69 Å². The van der Waals surface area contributed by atoms with Crippen LogP contribution < -0.4 is 5.32 Å². The predicted octanol–water partition coefficient (Wildman–Crippen LogP) is 6.39. The van der Waals surface area contributed by atoms with E-state index in [1.165, 1.54) is 21.7 Å². The molecule has 1 amide bonds. The van der Waals surface area contributed by atoms with Crippen LogP contribution in [0.25, 0.3) is 10.8 Å². The molecule has 0 saturated heterocycles. The van der Waals surface area contributed by atoms with Gasteiger partial charge in [-0.1, -0.05) is 54.6 Å². The van der Waals surface area contributed by atoms with Crippen LogP contribution >= 0.6 is 11.8 Å². The van der Waals surface area contributed by atoms with Gasteiger partial charge in [0.25, 0.3) is 0 Å². The Morgan fingerprint density at radius 2 is 1.67 bits per heavy atom. The Kier molecular flexibility index (Phi) is 8.10. The van der Waals surface area contributed by atoms with Crippen molar-refractivity contribution in [3.63, 3.8) is 0 Å². The number of thioether (sulfide) groups is 1. The summed E-state index contributed by atoms with van der Waals surface area (Å²) >= 11 is 1.81. The number of carbonyl (C=O) groups is 2. The first-order valence-corrected chi connectivity index (χ1v) is 11.0. The second-order valence-corrected chi connectivity index (χ2v) is 8.03. The maximum atomic E-state index is 12.0. The van der Waals surface area contributed by atoms with Crippen molar-refractivity contribution in [2.75, 3.05) is 11.1 Å². The van der Waals surface area contributed by atoms with Gasteiger partial charge >= 0.3 is 5.97 Å². The molecule has 0 aromatic heterocycles. The van der Waals surface area contributed by atoms with E-state index < -0.39 is 5.97 Å². The molecule has 0 bridgehead atoms. The van der Waals surface area contributed by atoms with E-state index in [2.05, 4.69) is 59.9 Å². The van der Waals surface area contributed by atoms with Gasteiger partial charge < -0.3 is 10.4 Å². The summed E-state index contributed by atoms with van der Waals surface area (Å²) in [6, 6.07) is 21.3.